The van der Waals surface area contributed by atoms with Crippen LogP contribution in [0.25, 0.3) is 32.8 Å². The molecule has 3 nitrogen and oxygen atoms in total. The molecule has 0 amide bonds. The molecule has 3 aromatic carbocycles. The number of anilines is 2. The van der Waals surface area contributed by atoms with Crippen LogP contribution in [0.3, 0.4) is 0 Å². The van der Waals surface area contributed by atoms with Gasteiger partial charge in [0.15, 0.2) is 0 Å². The van der Waals surface area contributed by atoms with Crippen molar-refractivity contribution >= 4 is 50.0 Å². The Morgan fingerprint density at radius 3 is 2.36 bits per heavy atom. The van der Waals surface area contributed by atoms with E-state index in [0.29, 0.717) is 11.4 Å². The van der Waals surface area contributed by atoms with Crippen molar-refractivity contribution in [1.82, 2.24) is 4.98 Å². The Morgan fingerprint density at radius 1 is 0.880 bits per heavy atom. The molecule has 0 radical (unpaired) electrons. The maximum Gasteiger partial charge on any atom is 0.0730 e. The van der Waals surface area contributed by atoms with E-state index in [1.165, 1.54) is 16.7 Å². The number of benzene rings is 3. The molecule has 126 valence electrons. The first-order chi connectivity index (χ1) is 11.7. The third-order valence-electron chi connectivity index (χ3n) is 4.63. The van der Waals surface area contributed by atoms with Crippen LogP contribution in [0.15, 0.2) is 60.8 Å². The molecular weight excluding hydrogens is 374 g/mol. The topological polar surface area (TPSA) is 64.9 Å². The SMILES string of the molecule is Br.CCc1c(-c2ccccc2)ccc2cnc3ccc(N)c(N)c3c12. The Morgan fingerprint density at radius 2 is 1.64 bits per heavy atom. The molecule has 0 aliphatic heterocycles. The van der Waals surface area contributed by atoms with E-state index in [1.807, 2.05) is 24.4 Å². The molecule has 4 aromatic rings. The summed E-state index contributed by atoms with van der Waals surface area (Å²) in [5, 5.41) is 3.21. The molecule has 4 heteroatoms. The molecule has 0 bridgehead atoms. The smallest absolute Gasteiger partial charge is 0.0730 e. The summed E-state index contributed by atoms with van der Waals surface area (Å²) in [4.78, 5) is 4.55. The summed E-state index contributed by atoms with van der Waals surface area (Å²) in [6.07, 6.45) is 2.83. The van der Waals surface area contributed by atoms with E-state index in [1.54, 1.807) is 0 Å². The Labute approximate surface area is 157 Å². The molecule has 0 saturated heterocycles. The average molecular weight is 394 g/mol. The fourth-order valence-electron chi connectivity index (χ4n) is 3.46. The van der Waals surface area contributed by atoms with Crippen molar-refractivity contribution in [3.63, 3.8) is 0 Å². The van der Waals surface area contributed by atoms with Gasteiger partial charge in [0.25, 0.3) is 0 Å². The second-order valence-corrected chi connectivity index (χ2v) is 6.00. The van der Waals surface area contributed by atoms with Crippen molar-refractivity contribution in [2.24, 2.45) is 0 Å². The quantitative estimate of drug-likeness (QED) is 0.355. The van der Waals surface area contributed by atoms with Crippen LogP contribution in [0, 0.1) is 0 Å². The van der Waals surface area contributed by atoms with Gasteiger partial charge in [-0.05, 0) is 40.6 Å². The van der Waals surface area contributed by atoms with Crippen LogP contribution in [0.2, 0.25) is 0 Å². The third kappa shape index (κ3) is 2.72. The summed E-state index contributed by atoms with van der Waals surface area (Å²) >= 11 is 0. The molecule has 0 spiro atoms. The minimum atomic E-state index is 0. The summed E-state index contributed by atoms with van der Waals surface area (Å²) in [7, 11) is 0. The van der Waals surface area contributed by atoms with Crippen molar-refractivity contribution in [3.8, 4) is 11.1 Å². The van der Waals surface area contributed by atoms with Crippen molar-refractivity contribution in [2.45, 2.75) is 13.3 Å². The fourth-order valence-corrected chi connectivity index (χ4v) is 3.46. The first-order valence-electron chi connectivity index (χ1n) is 8.14. The van der Waals surface area contributed by atoms with Gasteiger partial charge in [0.05, 0.1) is 16.9 Å². The summed E-state index contributed by atoms with van der Waals surface area (Å²) in [6, 6.07) is 18.5. The molecule has 0 fully saturated rings. The molecule has 1 aromatic heterocycles. The summed E-state index contributed by atoms with van der Waals surface area (Å²) in [6.45, 7) is 2.18. The maximum atomic E-state index is 6.33. The molecule has 25 heavy (non-hydrogen) atoms. The Balaban J connectivity index is 0.00000182. The lowest BCUT2D eigenvalue weighted by molar-refractivity contribution is 1.16. The Bertz CT molecular complexity index is 1060. The van der Waals surface area contributed by atoms with Gasteiger partial charge < -0.3 is 11.5 Å². The lowest BCUT2D eigenvalue weighted by Crippen LogP contribution is -1.99. The second-order valence-electron chi connectivity index (χ2n) is 6.00. The van der Waals surface area contributed by atoms with Crippen LogP contribution in [0.5, 0.6) is 0 Å². The van der Waals surface area contributed by atoms with E-state index in [2.05, 4.69) is 48.3 Å². The zero-order valence-corrected chi connectivity index (χ0v) is 15.7. The van der Waals surface area contributed by atoms with Gasteiger partial charge in [-0.15, -0.1) is 17.0 Å². The van der Waals surface area contributed by atoms with E-state index in [4.69, 9.17) is 11.5 Å². The standard InChI is InChI=1S/C21H19N3.BrH/c1-2-15-16(13-6-4-3-5-7-13)9-8-14-12-24-18-11-10-17(22)21(23)20(18)19(14)15;/h3-12H,2,22-23H2,1H3;1H. The average Bonchev–Trinajstić information content (AvgIpc) is 2.64. The van der Waals surface area contributed by atoms with Gasteiger partial charge >= 0.3 is 0 Å². The molecule has 0 aliphatic rings. The first kappa shape index (κ1) is 17.2. The molecule has 4 rings (SSSR count). The lowest BCUT2D eigenvalue weighted by Gasteiger charge is -2.15. The van der Waals surface area contributed by atoms with Gasteiger partial charge in [0.2, 0.25) is 0 Å². The van der Waals surface area contributed by atoms with Crippen LogP contribution >= 0.6 is 17.0 Å². The number of rotatable bonds is 2. The maximum absolute atomic E-state index is 6.33. The predicted octanol–water partition coefficient (Wildman–Crippen LogP) is 5.36. The fraction of sp³-hybridized carbons (Fsp3) is 0.0952. The highest BCUT2D eigenvalue weighted by Gasteiger charge is 2.14. The molecule has 0 aliphatic carbocycles. The van der Waals surface area contributed by atoms with Crippen LogP contribution < -0.4 is 11.5 Å². The molecular formula is C21H20BrN3. The zero-order valence-electron chi connectivity index (χ0n) is 14.0. The van der Waals surface area contributed by atoms with Gasteiger partial charge in [0.1, 0.15) is 0 Å². The van der Waals surface area contributed by atoms with Crippen LogP contribution in [0.4, 0.5) is 11.4 Å². The Hall–Kier alpha value is -2.59. The minimum absolute atomic E-state index is 0. The molecule has 1 heterocycles. The summed E-state index contributed by atoms with van der Waals surface area (Å²) in [5.41, 5.74) is 18.2. The normalized spacial score (nSPS) is 10.8. The highest BCUT2D eigenvalue weighted by atomic mass is 79.9. The number of pyridine rings is 1. The van der Waals surface area contributed by atoms with Gasteiger partial charge in [-0.3, -0.25) is 4.98 Å². The van der Waals surface area contributed by atoms with Crippen molar-refractivity contribution < 1.29 is 0 Å². The predicted molar refractivity (Wildman–Crippen MR) is 113 cm³/mol. The van der Waals surface area contributed by atoms with E-state index in [-0.39, 0.29) is 17.0 Å². The van der Waals surface area contributed by atoms with Crippen molar-refractivity contribution in [2.75, 3.05) is 11.5 Å². The number of hydrogen-bond donors (Lipinski definition) is 2. The highest BCUT2D eigenvalue weighted by Crippen LogP contribution is 2.38. The number of nitrogens with zero attached hydrogens (tertiary/aromatic N) is 1. The number of aromatic nitrogens is 1. The number of nitrogen functional groups attached to an aromatic ring is 2. The lowest BCUT2D eigenvalue weighted by atomic mass is 9.91. The molecule has 0 atom stereocenters. The number of fused-ring (bicyclic) bond motifs is 3. The zero-order chi connectivity index (χ0) is 16.7. The van der Waals surface area contributed by atoms with Crippen LogP contribution in [0.1, 0.15) is 12.5 Å². The molecule has 4 N–H and O–H groups in total. The van der Waals surface area contributed by atoms with Gasteiger partial charge in [-0.1, -0.05) is 49.4 Å². The van der Waals surface area contributed by atoms with Gasteiger partial charge in [-0.25, -0.2) is 0 Å². The van der Waals surface area contributed by atoms with Crippen LogP contribution in [-0.4, -0.2) is 4.98 Å². The van der Waals surface area contributed by atoms with Crippen molar-refractivity contribution in [3.05, 3.63) is 66.4 Å². The highest BCUT2D eigenvalue weighted by molar-refractivity contribution is 8.93. The van der Waals surface area contributed by atoms with Crippen LogP contribution in [-0.2, 0) is 6.42 Å². The number of hydrogen-bond acceptors (Lipinski definition) is 3. The number of nitrogens with two attached hydrogens (primary N) is 2. The van der Waals surface area contributed by atoms with Gasteiger partial charge in [-0.2, -0.15) is 0 Å². The number of halogens is 1. The number of aryl methyl sites for hydroxylation is 1. The largest absolute Gasteiger partial charge is 0.397 e. The first-order valence-corrected chi connectivity index (χ1v) is 8.14. The van der Waals surface area contributed by atoms with Gasteiger partial charge in [0, 0.05) is 17.0 Å². The van der Waals surface area contributed by atoms with E-state index < -0.39 is 0 Å². The monoisotopic (exact) mass is 393 g/mol. The Kier molecular flexibility index (Phi) is 4.64. The van der Waals surface area contributed by atoms with E-state index >= 15 is 0 Å². The van der Waals surface area contributed by atoms with Crippen molar-refractivity contribution in [1.29, 1.82) is 0 Å². The van der Waals surface area contributed by atoms with E-state index in [0.717, 1.165) is 28.1 Å². The molecule has 0 unspecified atom stereocenters. The van der Waals surface area contributed by atoms with E-state index in [9.17, 15) is 0 Å². The molecule has 0 saturated carbocycles. The summed E-state index contributed by atoms with van der Waals surface area (Å²) < 4.78 is 0. The third-order valence-corrected chi connectivity index (χ3v) is 4.63. The minimum Gasteiger partial charge on any atom is -0.397 e. The second kappa shape index (κ2) is 6.73. The summed E-state index contributed by atoms with van der Waals surface area (Å²) in [5.74, 6) is 0.